The smallest absolute Gasteiger partial charge is 0.187 e. The van der Waals surface area contributed by atoms with E-state index in [2.05, 4.69) is 5.32 Å². The van der Waals surface area contributed by atoms with Crippen LogP contribution in [0.2, 0.25) is 0 Å². The van der Waals surface area contributed by atoms with Gasteiger partial charge in [0.05, 0.1) is 0 Å². The maximum absolute atomic E-state index is 13.7. The molecule has 124 valence electrons. The zero-order valence-corrected chi connectivity index (χ0v) is 12.4. The molecule has 1 aliphatic heterocycles. The highest BCUT2D eigenvalue weighted by Crippen LogP contribution is 2.19. The fourth-order valence-corrected chi connectivity index (χ4v) is 2.49. The van der Waals surface area contributed by atoms with Gasteiger partial charge in [0.1, 0.15) is 11.6 Å². The summed E-state index contributed by atoms with van der Waals surface area (Å²) in [5.41, 5.74) is 1.66. The van der Waals surface area contributed by atoms with Crippen LogP contribution in [0.5, 0.6) is 0 Å². The average Bonchev–Trinajstić information content (AvgIpc) is 2.55. The quantitative estimate of drug-likeness (QED) is 0.836. The topological polar surface area (TPSA) is 29.1 Å². The summed E-state index contributed by atoms with van der Waals surface area (Å²) in [4.78, 5) is 12.5. The Morgan fingerprint density at radius 3 is 1.62 bits per heavy atom. The molecule has 2 aromatic carbocycles. The second-order valence-electron chi connectivity index (χ2n) is 5.31. The summed E-state index contributed by atoms with van der Waals surface area (Å²) in [6.45, 7) is 0.726. The van der Waals surface area contributed by atoms with Gasteiger partial charge in [-0.25, -0.2) is 8.78 Å². The van der Waals surface area contributed by atoms with Crippen molar-refractivity contribution >= 4 is 17.9 Å². The lowest BCUT2D eigenvalue weighted by Gasteiger charge is -2.18. The monoisotopic (exact) mass is 327 g/mol. The van der Waals surface area contributed by atoms with E-state index in [1.165, 1.54) is 12.1 Å². The number of benzene rings is 2. The number of rotatable bonds is 2. The number of piperidine rings is 1. The number of hydrogen-bond donors (Lipinski definition) is 1. The van der Waals surface area contributed by atoms with Crippen molar-refractivity contribution in [2.75, 3.05) is 13.1 Å². The molecular weight excluding hydrogens is 308 g/mol. The molecule has 3 rings (SSSR count). The van der Waals surface area contributed by atoms with Gasteiger partial charge >= 0.3 is 0 Å². The molecule has 1 N–H and O–H groups in total. The molecule has 0 amide bonds. The third-order valence-electron chi connectivity index (χ3n) is 3.68. The number of hydrogen-bond acceptors (Lipinski definition) is 2. The van der Waals surface area contributed by atoms with E-state index < -0.39 is 0 Å². The van der Waals surface area contributed by atoms with Gasteiger partial charge in [0.15, 0.2) is 5.78 Å². The highest BCUT2D eigenvalue weighted by Gasteiger charge is 2.20. The molecule has 0 radical (unpaired) electrons. The minimum Gasteiger partial charge on any atom is -0.308 e. The fourth-order valence-electron chi connectivity index (χ4n) is 2.49. The molecule has 0 bridgehead atoms. The van der Waals surface area contributed by atoms with Crippen LogP contribution in [0.15, 0.2) is 59.7 Å². The van der Waals surface area contributed by atoms with Crippen LogP contribution in [-0.2, 0) is 4.79 Å². The highest BCUT2D eigenvalue weighted by atomic mass is 19.1. The largest absolute Gasteiger partial charge is 0.308 e. The van der Waals surface area contributed by atoms with Crippen LogP contribution < -0.4 is 5.32 Å². The van der Waals surface area contributed by atoms with Crippen molar-refractivity contribution in [3.63, 3.8) is 0 Å². The van der Waals surface area contributed by atoms with Gasteiger partial charge in [-0.2, -0.15) is 0 Å². The summed E-state index contributed by atoms with van der Waals surface area (Å²) in [7, 11) is 0. The Hall–Kier alpha value is -2.59. The number of nitrogens with one attached hydrogen (secondary N) is 1. The SMILES string of the molecule is C.O=C1/C(=C/c2ccccc2F)CNC/C1=C\c1ccccc1F. The second-order valence-corrected chi connectivity index (χ2v) is 5.31. The van der Waals surface area contributed by atoms with Crippen LogP contribution in [0.25, 0.3) is 12.2 Å². The molecule has 1 saturated heterocycles. The molecule has 1 heterocycles. The number of halogens is 2. The van der Waals surface area contributed by atoms with Crippen molar-refractivity contribution in [3.05, 3.63) is 82.4 Å². The fraction of sp³-hybridized carbons (Fsp3) is 0.150. The summed E-state index contributed by atoms with van der Waals surface area (Å²) >= 11 is 0. The number of carbonyl (C=O) groups excluding carboxylic acids is 1. The minimum absolute atomic E-state index is 0. The lowest BCUT2D eigenvalue weighted by Crippen LogP contribution is -2.32. The minimum atomic E-state index is -0.377. The van der Waals surface area contributed by atoms with Crippen molar-refractivity contribution in [1.29, 1.82) is 0 Å². The van der Waals surface area contributed by atoms with Crippen molar-refractivity contribution in [1.82, 2.24) is 5.32 Å². The van der Waals surface area contributed by atoms with E-state index in [1.807, 2.05) is 0 Å². The van der Waals surface area contributed by atoms with Gasteiger partial charge in [0.25, 0.3) is 0 Å². The molecule has 0 aromatic heterocycles. The maximum atomic E-state index is 13.7. The van der Waals surface area contributed by atoms with Crippen molar-refractivity contribution < 1.29 is 13.6 Å². The molecule has 0 saturated carbocycles. The standard InChI is InChI=1S/C19H15F2NO.CH4/c20-17-7-3-1-5-13(17)9-15-11-22-12-16(19(15)23)10-14-6-2-4-8-18(14)21;/h1-10,22H,11-12H2;1H4/b15-9+,16-10+;. The summed E-state index contributed by atoms with van der Waals surface area (Å²) in [5.74, 6) is -0.939. The second kappa shape index (κ2) is 7.79. The molecule has 1 aliphatic rings. The molecule has 4 heteroatoms. The summed E-state index contributed by atoms with van der Waals surface area (Å²) < 4.78 is 27.5. The molecule has 0 spiro atoms. The Morgan fingerprint density at radius 2 is 1.21 bits per heavy atom. The predicted molar refractivity (Wildman–Crippen MR) is 93.4 cm³/mol. The first-order valence-electron chi connectivity index (χ1n) is 7.31. The summed E-state index contributed by atoms with van der Waals surface area (Å²) in [6.07, 6.45) is 3.08. The van der Waals surface area contributed by atoms with Gasteiger partial charge in [-0.3, -0.25) is 4.79 Å². The third kappa shape index (κ3) is 3.84. The molecule has 2 nitrogen and oxygen atoms in total. The van der Waals surface area contributed by atoms with Crippen LogP contribution in [0, 0.1) is 11.6 Å². The van der Waals surface area contributed by atoms with Crippen LogP contribution in [0.4, 0.5) is 8.78 Å². The lowest BCUT2D eigenvalue weighted by molar-refractivity contribution is -0.112. The molecular formula is C20H19F2NO. The van der Waals surface area contributed by atoms with Crippen LogP contribution in [-0.4, -0.2) is 18.9 Å². The van der Waals surface area contributed by atoms with E-state index in [9.17, 15) is 13.6 Å². The Kier molecular flexibility index (Phi) is 5.77. The van der Waals surface area contributed by atoms with Crippen molar-refractivity contribution in [2.45, 2.75) is 7.43 Å². The number of Topliss-reactive ketones (excluding diaryl/α,β-unsaturated/α-hetero) is 1. The molecule has 2 aromatic rings. The summed E-state index contributed by atoms with van der Waals surface area (Å²) in [6, 6.07) is 12.6. The van der Waals surface area contributed by atoms with Gasteiger partial charge in [-0.15, -0.1) is 0 Å². The van der Waals surface area contributed by atoms with Gasteiger partial charge < -0.3 is 5.32 Å². The molecule has 0 aliphatic carbocycles. The zero-order chi connectivity index (χ0) is 16.2. The zero-order valence-electron chi connectivity index (χ0n) is 12.4. The number of carbonyl (C=O) groups is 1. The molecule has 1 fully saturated rings. The summed E-state index contributed by atoms with van der Waals surface area (Å²) in [5, 5.41) is 3.09. The van der Waals surface area contributed by atoms with Crippen molar-refractivity contribution in [2.24, 2.45) is 0 Å². The lowest BCUT2D eigenvalue weighted by atomic mass is 9.95. The molecule has 24 heavy (non-hydrogen) atoms. The van der Waals surface area contributed by atoms with E-state index in [4.69, 9.17) is 0 Å². The van der Waals surface area contributed by atoms with E-state index in [-0.39, 0.29) is 24.8 Å². The van der Waals surface area contributed by atoms with Crippen LogP contribution in [0.1, 0.15) is 18.6 Å². The molecule has 0 unspecified atom stereocenters. The highest BCUT2D eigenvalue weighted by molar-refractivity contribution is 6.14. The Bertz CT molecular complexity index is 743. The average molecular weight is 327 g/mol. The Balaban J connectivity index is 0.00000208. The first-order valence-corrected chi connectivity index (χ1v) is 7.31. The van der Waals surface area contributed by atoms with Crippen molar-refractivity contribution in [3.8, 4) is 0 Å². The predicted octanol–water partition coefficient (Wildman–Crippen LogP) is 4.24. The van der Waals surface area contributed by atoms with Crippen LogP contribution in [0.3, 0.4) is 0 Å². The van der Waals surface area contributed by atoms with E-state index >= 15 is 0 Å². The molecule has 0 atom stereocenters. The van der Waals surface area contributed by atoms with E-state index in [1.54, 1.807) is 48.6 Å². The van der Waals surface area contributed by atoms with Gasteiger partial charge in [-0.05, 0) is 24.3 Å². The third-order valence-corrected chi connectivity index (χ3v) is 3.68. The van der Waals surface area contributed by atoms with Gasteiger partial charge in [-0.1, -0.05) is 43.8 Å². The maximum Gasteiger partial charge on any atom is 0.187 e. The number of ketones is 1. The van der Waals surface area contributed by atoms with Gasteiger partial charge in [0.2, 0.25) is 0 Å². The first kappa shape index (κ1) is 17.8. The van der Waals surface area contributed by atoms with E-state index in [0.29, 0.717) is 35.4 Å². The van der Waals surface area contributed by atoms with E-state index in [0.717, 1.165) is 0 Å². The van der Waals surface area contributed by atoms with Gasteiger partial charge in [0, 0.05) is 35.4 Å². The first-order chi connectivity index (χ1) is 11.1. The Morgan fingerprint density at radius 1 is 0.792 bits per heavy atom. The normalized spacial score (nSPS) is 17.8. The Labute approximate surface area is 140 Å². The van der Waals surface area contributed by atoms with Crippen LogP contribution >= 0.6 is 0 Å².